The molecule has 0 bridgehead atoms. The zero-order chi connectivity index (χ0) is 14.1. The summed E-state index contributed by atoms with van der Waals surface area (Å²) >= 11 is 0. The molecule has 7 heteroatoms. The summed E-state index contributed by atoms with van der Waals surface area (Å²) in [4.78, 5) is 0. The molecule has 2 saturated heterocycles. The van der Waals surface area contributed by atoms with Gasteiger partial charge in [-0.15, -0.1) is 0 Å². The highest BCUT2D eigenvalue weighted by Gasteiger charge is 2.41. The third kappa shape index (κ3) is 3.28. The fourth-order valence-electron chi connectivity index (χ4n) is 2.73. The molecule has 2 aliphatic heterocycles. The van der Waals surface area contributed by atoms with Gasteiger partial charge in [0.05, 0.1) is 6.10 Å². The van der Waals surface area contributed by atoms with Crippen LogP contribution in [0.5, 0.6) is 0 Å². The van der Waals surface area contributed by atoms with E-state index in [1.807, 2.05) is 6.92 Å². The van der Waals surface area contributed by atoms with Crippen LogP contribution in [0.3, 0.4) is 0 Å². The van der Waals surface area contributed by atoms with Crippen molar-refractivity contribution in [2.24, 2.45) is 0 Å². The van der Waals surface area contributed by atoms with Crippen molar-refractivity contribution in [2.75, 3.05) is 19.7 Å². The standard InChI is InChI=1S/C12H24N2O4S/c1-10-5-3-4-7-14(10)19(16,17)13-9-12(15)6-8-18-11(12)2/h10-11,13,15H,3-9H2,1-2H3. The highest BCUT2D eigenvalue weighted by atomic mass is 32.2. The normalized spacial score (nSPS) is 37.6. The second-order valence-electron chi connectivity index (χ2n) is 5.65. The number of nitrogens with one attached hydrogen (secondary N) is 1. The summed E-state index contributed by atoms with van der Waals surface area (Å²) in [6.45, 7) is 4.74. The molecule has 0 radical (unpaired) electrons. The fourth-order valence-corrected chi connectivity index (χ4v) is 4.28. The molecule has 0 amide bonds. The lowest BCUT2D eigenvalue weighted by atomic mass is 9.97. The molecule has 0 aliphatic carbocycles. The summed E-state index contributed by atoms with van der Waals surface area (Å²) in [7, 11) is -3.51. The molecule has 3 unspecified atom stereocenters. The van der Waals surface area contributed by atoms with Gasteiger partial charge >= 0.3 is 0 Å². The van der Waals surface area contributed by atoms with Crippen molar-refractivity contribution in [2.45, 2.75) is 57.3 Å². The number of ether oxygens (including phenoxy) is 1. The van der Waals surface area contributed by atoms with E-state index in [4.69, 9.17) is 4.74 Å². The number of hydrogen-bond acceptors (Lipinski definition) is 4. The van der Waals surface area contributed by atoms with Gasteiger partial charge in [0.25, 0.3) is 10.2 Å². The molecule has 0 aromatic carbocycles. The van der Waals surface area contributed by atoms with Crippen LogP contribution in [0, 0.1) is 0 Å². The zero-order valence-electron chi connectivity index (χ0n) is 11.6. The first-order valence-corrected chi connectivity index (χ1v) is 8.39. The number of hydrogen-bond donors (Lipinski definition) is 2. The maximum Gasteiger partial charge on any atom is 0.279 e. The lowest BCUT2D eigenvalue weighted by Crippen LogP contribution is -2.53. The topological polar surface area (TPSA) is 78.9 Å². The van der Waals surface area contributed by atoms with E-state index in [1.54, 1.807) is 6.92 Å². The van der Waals surface area contributed by atoms with Gasteiger partial charge in [-0.25, -0.2) is 0 Å². The average molecular weight is 292 g/mol. The molecule has 2 aliphatic rings. The van der Waals surface area contributed by atoms with E-state index in [2.05, 4.69) is 4.72 Å². The van der Waals surface area contributed by atoms with Crippen molar-refractivity contribution in [3.63, 3.8) is 0 Å². The van der Waals surface area contributed by atoms with Crippen LogP contribution in [0.25, 0.3) is 0 Å². The van der Waals surface area contributed by atoms with E-state index in [9.17, 15) is 13.5 Å². The van der Waals surface area contributed by atoms with E-state index in [-0.39, 0.29) is 18.7 Å². The molecule has 2 rings (SSSR count). The van der Waals surface area contributed by atoms with Gasteiger partial charge in [0.15, 0.2) is 0 Å². The molecule has 0 saturated carbocycles. The highest BCUT2D eigenvalue weighted by molar-refractivity contribution is 7.87. The lowest BCUT2D eigenvalue weighted by Gasteiger charge is -2.34. The van der Waals surface area contributed by atoms with Crippen LogP contribution >= 0.6 is 0 Å². The largest absolute Gasteiger partial charge is 0.386 e. The zero-order valence-corrected chi connectivity index (χ0v) is 12.4. The summed E-state index contributed by atoms with van der Waals surface area (Å²) in [5, 5.41) is 10.3. The molecule has 0 aromatic heterocycles. The average Bonchev–Trinajstić information content (AvgIpc) is 2.68. The molecular weight excluding hydrogens is 268 g/mol. The Kier molecular flexibility index (Phi) is 4.52. The van der Waals surface area contributed by atoms with Crippen molar-refractivity contribution >= 4 is 10.2 Å². The van der Waals surface area contributed by atoms with Gasteiger partial charge in [0.1, 0.15) is 5.60 Å². The van der Waals surface area contributed by atoms with Crippen molar-refractivity contribution in [3.05, 3.63) is 0 Å². The molecule has 0 spiro atoms. The van der Waals surface area contributed by atoms with E-state index in [1.165, 1.54) is 4.31 Å². The molecule has 6 nitrogen and oxygen atoms in total. The number of piperidine rings is 1. The Bertz CT molecular complexity index is 414. The fraction of sp³-hybridized carbons (Fsp3) is 1.00. The molecular formula is C12H24N2O4S. The maximum atomic E-state index is 12.3. The number of nitrogens with zero attached hydrogens (tertiary/aromatic N) is 1. The minimum Gasteiger partial charge on any atom is -0.386 e. The molecule has 112 valence electrons. The minimum absolute atomic E-state index is 0.0136. The van der Waals surface area contributed by atoms with Crippen LogP contribution in [0.2, 0.25) is 0 Å². The van der Waals surface area contributed by atoms with Gasteiger partial charge in [-0.3, -0.25) is 0 Å². The van der Waals surface area contributed by atoms with Crippen LogP contribution in [-0.4, -0.2) is 55.3 Å². The molecule has 2 N–H and O–H groups in total. The second kappa shape index (κ2) is 5.65. The van der Waals surface area contributed by atoms with E-state index >= 15 is 0 Å². The van der Waals surface area contributed by atoms with E-state index in [0.717, 1.165) is 19.3 Å². The van der Waals surface area contributed by atoms with Crippen molar-refractivity contribution in [1.29, 1.82) is 0 Å². The quantitative estimate of drug-likeness (QED) is 0.778. The smallest absolute Gasteiger partial charge is 0.279 e. The van der Waals surface area contributed by atoms with Gasteiger partial charge < -0.3 is 9.84 Å². The SMILES string of the molecule is CC1CCCCN1S(=O)(=O)NCC1(O)CCOC1C. The summed E-state index contributed by atoms with van der Waals surface area (Å²) in [5.74, 6) is 0. The summed E-state index contributed by atoms with van der Waals surface area (Å²) < 4.78 is 33.9. The first-order valence-electron chi connectivity index (χ1n) is 6.95. The van der Waals surface area contributed by atoms with Gasteiger partial charge in [0, 0.05) is 32.2 Å². The Morgan fingerprint density at radius 2 is 2.16 bits per heavy atom. The summed E-state index contributed by atoms with van der Waals surface area (Å²) in [5.41, 5.74) is -1.09. The lowest BCUT2D eigenvalue weighted by molar-refractivity contribution is -0.0231. The Morgan fingerprint density at radius 3 is 2.74 bits per heavy atom. The number of rotatable bonds is 4. The van der Waals surface area contributed by atoms with Gasteiger partial charge in [-0.1, -0.05) is 6.42 Å². The first kappa shape index (κ1) is 15.2. The van der Waals surface area contributed by atoms with Crippen LogP contribution in [0.1, 0.15) is 39.5 Å². The Labute approximate surface area is 115 Å². The highest BCUT2D eigenvalue weighted by Crippen LogP contribution is 2.25. The first-order chi connectivity index (χ1) is 8.85. The van der Waals surface area contributed by atoms with Crippen molar-refractivity contribution in [1.82, 2.24) is 9.03 Å². The Morgan fingerprint density at radius 1 is 1.42 bits per heavy atom. The summed E-state index contributed by atoms with van der Waals surface area (Å²) in [6, 6.07) is 0.0261. The van der Waals surface area contributed by atoms with Crippen LogP contribution in [0.15, 0.2) is 0 Å². The van der Waals surface area contributed by atoms with Gasteiger partial charge in [-0.2, -0.15) is 17.4 Å². The van der Waals surface area contributed by atoms with E-state index < -0.39 is 15.8 Å². The Hall–Kier alpha value is -0.210. The third-order valence-corrected chi connectivity index (χ3v) is 5.94. The molecule has 19 heavy (non-hydrogen) atoms. The molecule has 2 fully saturated rings. The minimum atomic E-state index is -3.51. The monoisotopic (exact) mass is 292 g/mol. The third-order valence-electron chi connectivity index (χ3n) is 4.27. The van der Waals surface area contributed by atoms with Gasteiger partial charge in [-0.05, 0) is 26.7 Å². The predicted octanol–water partition coefficient (Wildman–Crippen LogP) is 0.235. The molecule has 2 heterocycles. The molecule has 3 atom stereocenters. The van der Waals surface area contributed by atoms with Gasteiger partial charge in [0.2, 0.25) is 0 Å². The van der Waals surface area contributed by atoms with Crippen molar-refractivity contribution in [3.8, 4) is 0 Å². The summed E-state index contributed by atoms with van der Waals surface area (Å²) in [6.07, 6.45) is 2.99. The predicted molar refractivity (Wildman–Crippen MR) is 71.9 cm³/mol. The van der Waals surface area contributed by atoms with Crippen molar-refractivity contribution < 1.29 is 18.3 Å². The van der Waals surface area contributed by atoms with E-state index in [0.29, 0.717) is 19.6 Å². The Balaban J connectivity index is 1.97. The van der Waals surface area contributed by atoms with Crippen LogP contribution in [-0.2, 0) is 14.9 Å². The van der Waals surface area contributed by atoms with Crippen LogP contribution in [0.4, 0.5) is 0 Å². The number of aliphatic hydroxyl groups is 1. The second-order valence-corrected chi connectivity index (χ2v) is 7.36. The van der Waals surface area contributed by atoms with Crippen LogP contribution < -0.4 is 4.72 Å². The molecule has 0 aromatic rings. The maximum absolute atomic E-state index is 12.3.